The first-order valence-electron chi connectivity index (χ1n) is 25.2. The van der Waals surface area contributed by atoms with Crippen LogP contribution < -0.4 is 0 Å². The van der Waals surface area contributed by atoms with Gasteiger partial charge in [0.1, 0.15) is 12.1 Å². The molecular weight excluding hydrogens is 897 g/mol. The van der Waals surface area contributed by atoms with Gasteiger partial charge in [-0.15, -0.1) is 0 Å². The molecule has 342 valence electrons. The Morgan fingerprint density at radius 2 is 0.595 bits per heavy atom. The molecule has 0 radical (unpaired) electrons. The van der Waals surface area contributed by atoms with E-state index in [2.05, 4.69) is 276 Å². The summed E-state index contributed by atoms with van der Waals surface area (Å²) in [5, 5.41) is 27.3. The number of hydrogen-bond donors (Lipinski definition) is 0. The van der Waals surface area contributed by atoms with Crippen LogP contribution in [0.5, 0.6) is 0 Å². The summed E-state index contributed by atoms with van der Waals surface area (Å²) in [4.78, 5) is 0. The van der Waals surface area contributed by atoms with E-state index in [0.29, 0.717) is 22.5 Å². The van der Waals surface area contributed by atoms with Gasteiger partial charge in [0.05, 0.1) is 55.4 Å². The Hall–Kier alpha value is -10.0. The average molecular weight is 939 g/mol. The van der Waals surface area contributed by atoms with Gasteiger partial charge in [-0.2, -0.15) is 10.5 Å². The highest BCUT2D eigenvalue weighted by atomic mass is 15.0. The van der Waals surface area contributed by atoms with Gasteiger partial charge >= 0.3 is 0 Å². The van der Waals surface area contributed by atoms with Crippen LogP contribution in [0.2, 0.25) is 0 Å². The monoisotopic (exact) mass is 938 g/mol. The third-order valence-corrected chi connectivity index (χ3v) is 16.4. The molecule has 15 rings (SSSR count). The number of para-hydroxylation sites is 2. The van der Waals surface area contributed by atoms with Crippen molar-refractivity contribution in [1.82, 2.24) is 9.13 Å². The van der Waals surface area contributed by atoms with E-state index >= 15 is 0 Å². The van der Waals surface area contributed by atoms with Crippen LogP contribution in [0.3, 0.4) is 0 Å². The molecule has 2 aliphatic carbocycles. The first-order chi connectivity index (χ1) is 36.7. The van der Waals surface area contributed by atoms with E-state index in [-0.39, 0.29) is 0 Å². The first-order valence-corrected chi connectivity index (χ1v) is 25.2. The van der Waals surface area contributed by atoms with Crippen molar-refractivity contribution >= 4 is 43.6 Å². The molecule has 0 atom stereocenters. The van der Waals surface area contributed by atoms with Gasteiger partial charge in [0.15, 0.2) is 0 Å². The predicted molar refractivity (Wildman–Crippen MR) is 299 cm³/mol. The molecule has 13 aromatic rings. The molecule has 0 bridgehead atoms. The minimum Gasteiger partial charge on any atom is -0.308 e. The lowest BCUT2D eigenvalue weighted by molar-refractivity contribution is 0.769. The Labute approximate surface area is 428 Å². The molecule has 2 heterocycles. The fourth-order valence-corrected chi connectivity index (χ4v) is 13.5. The molecule has 0 aliphatic heterocycles. The summed E-state index contributed by atoms with van der Waals surface area (Å²) in [6.07, 6.45) is 0. The maximum Gasteiger partial charge on any atom is 0.103 e. The summed E-state index contributed by atoms with van der Waals surface area (Å²) >= 11 is 0. The Morgan fingerprint density at radius 3 is 0.959 bits per heavy atom. The summed E-state index contributed by atoms with van der Waals surface area (Å²) in [6.45, 7) is 0. The van der Waals surface area contributed by atoms with E-state index < -0.39 is 10.8 Å². The van der Waals surface area contributed by atoms with Crippen LogP contribution >= 0.6 is 0 Å². The van der Waals surface area contributed by atoms with Crippen LogP contribution in [0.1, 0.15) is 55.6 Å². The number of hydrogen-bond acceptors (Lipinski definition) is 2. The standard InChI is InChI=1S/C70H42N4/c71-43-57-58(44-72)66(74-64-36-20-16-32-52(64)56-40-62-54(42-68(56)74)50-30-14-18-34-60(50)70(62,47-25-9-3-10-26-47)48-27-11-4-12-28-48)38-37-65(57)73-63-35-19-15-31-51(63)55-39-61-53(41-67(55)73)49-29-13-17-33-59(49)69(61,45-21-5-1-6-22-45)46-23-7-2-8-24-46/h1-42H. The van der Waals surface area contributed by atoms with E-state index in [0.717, 1.165) is 54.7 Å². The van der Waals surface area contributed by atoms with Gasteiger partial charge < -0.3 is 9.13 Å². The maximum atomic E-state index is 11.5. The topological polar surface area (TPSA) is 57.4 Å². The summed E-state index contributed by atoms with van der Waals surface area (Å²) in [5.74, 6) is 0. The Morgan fingerprint density at radius 1 is 0.270 bits per heavy atom. The van der Waals surface area contributed by atoms with E-state index in [9.17, 15) is 10.5 Å². The van der Waals surface area contributed by atoms with Gasteiger partial charge in [-0.3, -0.25) is 0 Å². The molecule has 0 spiro atoms. The molecular formula is C70H42N4. The number of aromatic nitrogens is 2. The molecule has 0 fully saturated rings. The second kappa shape index (κ2) is 15.8. The lowest BCUT2D eigenvalue weighted by Crippen LogP contribution is -2.28. The van der Waals surface area contributed by atoms with Crippen molar-refractivity contribution in [2.75, 3.05) is 0 Å². The first kappa shape index (κ1) is 41.8. The number of nitrogens with zero attached hydrogens (tertiary/aromatic N) is 4. The highest BCUT2D eigenvalue weighted by Crippen LogP contribution is 2.59. The van der Waals surface area contributed by atoms with E-state index in [1.807, 2.05) is 0 Å². The summed E-state index contributed by atoms with van der Waals surface area (Å²) in [5.41, 5.74) is 19.0. The minimum absolute atomic E-state index is 0.320. The van der Waals surface area contributed by atoms with Crippen molar-refractivity contribution < 1.29 is 0 Å². The molecule has 74 heavy (non-hydrogen) atoms. The van der Waals surface area contributed by atoms with Gasteiger partial charge in [-0.05, 0) is 115 Å². The van der Waals surface area contributed by atoms with Crippen LogP contribution in [0.15, 0.2) is 255 Å². The van der Waals surface area contributed by atoms with Crippen LogP contribution in [0.4, 0.5) is 0 Å². The SMILES string of the molecule is N#Cc1c(-n2c3ccccc3c3cc4c(cc32)-c2ccccc2C4(c2ccccc2)c2ccccc2)ccc(-n2c3ccccc3c3cc4c(cc32)-c2ccccc2C4(c2ccccc2)c2ccccc2)c1C#N. The van der Waals surface area contributed by atoms with Crippen molar-refractivity contribution in [3.63, 3.8) is 0 Å². The van der Waals surface area contributed by atoms with Crippen molar-refractivity contribution in [3.8, 4) is 45.8 Å². The largest absolute Gasteiger partial charge is 0.308 e. The van der Waals surface area contributed by atoms with Gasteiger partial charge in [0, 0.05) is 21.5 Å². The van der Waals surface area contributed by atoms with E-state index in [4.69, 9.17) is 0 Å². The molecule has 0 unspecified atom stereocenters. The Bertz CT molecular complexity index is 4180. The second-order valence-electron chi connectivity index (χ2n) is 19.7. The number of benzene rings is 11. The summed E-state index contributed by atoms with van der Waals surface area (Å²) in [7, 11) is 0. The zero-order valence-corrected chi connectivity index (χ0v) is 40.0. The number of nitriles is 2. The zero-order valence-electron chi connectivity index (χ0n) is 40.0. The second-order valence-corrected chi connectivity index (χ2v) is 19.7. The maximum absolute atomic E-state index is 11.5. The van der Waals surface area contributed by atoms with Crippen molar-refractivity contribution in [1.29, 1.82) is 10.5 Å². The Balaban J connectivity index is 0.989. The van der Waals surface area contributed by atoms with Crippen LogP contribution in [-0.2, 0) is 10.8 Å². The highest BCUT2D eigenvalue weighted by molar-refractivity contribution is 6.14. The fraction of sp³-hybridized carbons (Fsp3) is 0.0286. The lowest BCUT2D eigenvalue weighted by Gasteiger charge is -2.34. The van der Waals surface area contributed by atoms with Gasteiger partial charge in [-0.25, -0.2) is 0 Å². The number of fused-ring (bicyclic) bond motifs is 12. The quantitative estimate of drug-likeness (QED) is 0.167. The van der Waals surface area contributed by atoms with Gasteiger partial charge in [-0.1, -0.05) is 206 Å². The lowest BCUT2D eigenvalue weighted by atomic mass is 9.67. The molecule has 0 amide bonds. The smallest absolute Gasteiger partial charge is 0.103 e. The zero-order chi connectivity index (χ0) is 49.1. The summed E-state index contributed by atoms with van der Waals surface area (Å²) in [6, 6.07) is 96.7. The molecule has 4 heteroatoms. The van der Waals surface area contributed by atoms with Crippen molar-refractivity contribution in [2.24, 2.45) is 0 Å². The highest BCUT2D eigenvalue weighted by Gasteiger charge is 2.48. The Kier molecular flexibility index (Phi) is 8.89. The van der Waals surface area contributed by atoms with Gasteiger partial charge in [0.25, 0.3) is 0 Å². The van der Waals surface area contributed by atoms with Gasteiger partial charge in [0.2, 0.25) is 0 Å². The van der Waals surface area contributed by atoms with Crippen LogP contribution in [0, 0.1) is 22.7 Å². The summed E-state index contributed by atoms with van der Waals surface area (Å²) < 4.78 is 4.43. The molecule has 11 aromatic carbocycles. The number of rotatable bonds is 6. The van der Waals surface area contributed by atoms with Crippen LogP contribution in [-0.4, -0.2) is 9.13 Å². The molecule has 0 saturated heterocycles. The average Bonchev–Trinajstić information content (AvgIpc) is 4.27. The molecule has 0 saturated carbocycles. The third kappa shape index (κ3) is 5.38. The molecule has 4 nitrogen and oxygen atoms in total. The van der Waals surface area contributed by atoms with Crippen LogP contribution in [0.25, 0.3) is 77.2 Å². The minimum atomic E-state index is -0.575. The predicted octanol–water partition coefficient (Wildman–Crippen LogP) is 16.4. The van der Waals surface area contributed by atoms with E-state index in [1.165, 1.54) is 55.6 Å². The molecule has 2 aliphatic rings. The van der Waals surface area contributed by atoms with Crippen molar-refractivity contribution in [2.45, 2.75) is 10.8 Å². The molecule has 0 N–H and O–H groups in total. The van der Waals surface area contributed by atoms with E-state index in [1.54, 1.807) is 0 Å². The normalized spacial score (nSPS) is 13.6. The van der Waals surface area contributed by atoms with Crippen molar-refractivity contribution in [3.05, 3.63) is 310 Å². The molecule has 2 aromatic heterocycles. The fourth-order valence-electron chi connectivity index (χ4n) is 13.5. The third-order valence-electron chi connectivity index (χ3n) is 16.4.